The monoisotopic (exact) mass is 229 g/mol. The molecule has 0 bridgehead atoms. The highest BCUT2D eigenvalue weighted by Gasteiger charge is 2.29. The first-order chi connectivity index (χ1) is 8.18. The van der Waals surface area contributed by atoms with Crippen molar-refractivity contribution < 1.29 is 9.59 Å². The van der Waals surface area contributed by atoms with Gasteiger partial charge in [-0.1, -0.05) is 36.9 Å². The minimum absolute atomic E-state index is 0.0433. The zero-order chi connectivity index (χ0) is 12.3. The van der Waals surface area contributed by atoms with Crippen molar-refractivity contribution in [1.82, 2.24) is 5.32 Å². The lowest BCUT2D eigenvalue weighted by molar-refractivity contribution is -0.123. The first-order valence-corrected chi connectivity index (χ1v) is 5.72. The van der Waals surface area contributed by atoms with Crippen LogP contribution in [-0.2, 0) is 16.0 Å². The number of carbonyl (C=O) groups excluding carboxylic acids is 2. The smallest absolute Gasteiger partial charge is 0.227 e. The fraction of sp³-hybridized carbons (Fsp3) is 0.286. The van der Waals surface area contributed by atoms with E-state index in [-0.39, 0.29) is 17.6 Å². The third-order valence-electron chi connectivity index (χ3n) is 3.04. The molecule has 88 valence electrons. The predicted octanol–water partition coefficient (Wildman–Crippen LogP) is 1.49. The highest BCUT2D eigenvalue weighted by Crippen LogP contribution is 2.20. The van der Waals surface area contributed by atoms with Gasteiger partial charge in [0.15, 0.2) is 5.78 Å². The predicted molar refractivity (Wildman–Crippen MR) is 65.4 cm³/mol. The van der Waals surface area contributed by atoms with Crippen LogP contribution in [0.1, 0.15) is 12.0 Å². The standard InChI is InChI=1S/C14H15NO2/c1-10(12-7-8-15-14(12)17)13(16)9-11-5-3-2-4-6-11/h2-6,12H,1,7-9H2,(H,15,17). The van der Waals surface area contributed by atoms with Gasteiger partial charge in [-0.15, -0.1) is 0 Å². The topological polar surface area (TPSA) is 46.2 Å². The average molecular weight is 229 g/mol. The highest BCUT2D eigenvalue weighted by atomic mass is 16.2. The van der Waals surface area contributed by atoms with Crippen LogP contribution in [0.3, 0.4) is 0 Å². The zero-order valence-electron chi connectivity index (χ0n) is 9.61. The van der Waals surface area contributed by atoms with E-state index in [1.54, 1.807) is 0 Å². The van der Waals surface area contributed by atoms with Crippen LogP contribution in [0.5, 0.6) is 0 Å². The molecule has 1 fully saturated rings. The maximum Gasteiger partial charge on any atom is 0.227 e. The van der Waals surface area contributed by atoms with Crippen LogP contribution in [0.15, 0.2) is 42.5 Å². The summed E-state index contributed by atoms with van der Waals surface area (Å²) in [7, 11) is 0. The molecule has 0 saturated carbocycles. The van der Waals surface area contributed by atoms with Gasteiger partial charge < -0.3 is 5.32 Å². The van der Waals surface area contributed by atoms with Gasteiger partial charge in [-0.05, 0) is 12.0 Å². The maximum absolute atomic E-state index is 12.0. The quantitative estimate of drug-likeness (QED) is 0.795. The third kappa shape index (κ3) is 2.61. The van der Waals surface area contributed by atoms with Crippen molar-refractivity contribution >= 4 is 11.7 Å². The van der Waals surface area contributed by atoms with Gasteiger partial charge in [0.05, 0.1) is 5.92 Å². The van der Waals surface area contributed by atoms with Crippen molar-refractivity contribution in [3.63, 3.8) is 0 Å². The summed E-state index contributed by atoms with van der Waals surface area (Å²) in [6.45, 7) is 4.41. The minimum Gasteiger partial charge on any atom is -0.356 e. The lowest BCUT2D eigenvalue weighted by Gasteiger charge is -2.09. The molecule has 3 nitrogen and oxygen atoms in total. The first kappa shape index (κ1) is 11.6. The molecule has 0 radical (unpaired) electrons. The Kier molecular flexibility index (Phi) is 3.38. The summed E-state index contributed by atoms with van der Waals surface area (Å²) in [5.74, 6) is -0.444. The normalized spacial score (nSPS) is 18.8. The summed E-state index contributed by atoms with van der Waals surface area (Å²) >= 11 is 0. The van der Waals surface area contributed by atoms with Crippen LogP contribution < -0.4 is 5.32 Å². The number of ketones is 1. The van der Waals surface area contributed by atoms with E-state index in [0.29, 0.717) is 25.0 Å². The van der Waals surface area contributed by atoms with Gasteiger partial charge in [0.1, 0.15) is 0 Å². The molecule has 1 atom stereocenters. The Morgan fingerprint density at radius 1 is 1.35 bits per heavy atom. The van der Waals surface area contributed by atoms with E-state index < -0.39 is 0 Å². The molecule has 17 heavy (non-hydrogen) atoms. The van der Waals surface area contributed by atoms with Crippen molar-refractivity contribution in [2.24, 2.45) is 5.92 Å². The molecular formula is C14H15NO2. The van der Waals surface area contributed by atoms with Crippen LogP contribution in [0.2, 0.25) is 0 Å². The number of rotatable bonds is 4. The fourth-order valence-electron chi connectivity index (χ4n) is 2.02. The summed E-state index contributed by atoms with van der Waals surface area (Å²) in [5, 5.41) is 2.72. The second kappa shape index (κ2) is 4.95. The molecule has 1 aliphatic heterocycles. The second-order valence-corrected chi connectivity index (χ2v) is 4.24. The Morgan fingerprint density at radius 2 is 2.06 bits per heavy atom. The van der Waals surface area contributed by atoms with Crippen molar-refractivity contribution in [3.05, 3.63) is 48.0 Å². The number of nitrogens with one attached hydrogen (secondary N) is 1. The van der Waals surface area contributed by atoms with E-state index in [2.05, 4.69) is 11.9 Å². The van der Waals surface area contributed by atoms with Crippen LogP contribution in [-0.4, -0.2) is 18.2 Å². The van der Waals surface area contributed by atoms with E-state index in [1.807, 2.05) is 30.3 Å². The Labute approximate surface area is 101 Å². The lowest BCUT2D eigenvalue weighted by atomic mass is 9.92. The van der Waals surface area contributed by atoms with Gasteiger partial charge in [0.2, 0.25) is 5.91 Å². The van der Waals surface area contributed by atoms with Crippen LogP contribution in [0.25, 0.3) is 0 Å². The number of hydrogen-bond acceptors (Lipinski definition) is 2. The van der Waals surface area contributed by atoms with E-state index in [4.69, 9.17) is 0 Å². The highest BCUT2D eigenvalue weighted by molar-refractivity contribution is 6.02. The Morgan fingerprint density at radius 3 is 2.65 bits per heavy atom. The van der Waals surface area contributed by atoms with Gasteiger partial charge >= 0.3 is 0 Å². The molecule has 1 amide bonds. The molecular weight excluding hydrogens is 214 g/mol. The van der Waals surface area contributed by atoms with E-state index in [1.165, 1.54) is 0 Å². The number of amides is 1. The van der Waals surface area contributed by atoms with E-state index in [9.17, 15) is 9.59 Å². The Balaban J connectivity index is 2.01. The van der Waals surface area contributed by atoms with Crippen LogP contribution in [0, 0.1) is 5.92 Å². The van der Waals surface area contributed by atoms with Gasteiger partial charge in [-0.3, -0.25) is 9.59 Å². The molecule has 0 aromatic heterocycles. The van der Waals surface area contributed by atoms with E-state index >= 15 is 0 Å². The molecule has 1 N–H and O–H groups in total. The number of benzene rings is 1. The van der Waals surface area contributed by atoms with Gasteiger partial charge in [-0.25, -0.2) is 0 Å². The zero-order valence-corrected chi connectivity index (χ0v) is 9.61. The van der Waals surface area contributed by atoms with Crippen molar-refractivity contribution in [1.29, 1.82) is 0 Å². The molecule has 1 unspecified atom stereocenters. The summed E-state index contributed by atoms with van der Waals surface area (Å²) in [5.41, 5.74) is 1.39. The number of carbonyl (C=O) groups is 2. The molecule has 3 heteroatoms. The molecule has 1 heterocycles. The fourth-order valence-corrected chi connectivity index (χ4v) is 2.02. The third-order valence-corrected chi connectivity index (χ3v) is 3.04. The van der Waals surface area contributed by atoms with E-state index in [0.717, 1.165) is 5.56 Å². The second-order valence-electron chi connectivity index (χ2n) is 4.24. The van der Waals surface area contributed by atoms with Crippen molar-refractivity contribution in [2.75, 3.05) is 6.54 Å². The molecule has 2 rings (SSSR count). The number of hydrogen-bond donors (Lipinski definition) is 1. The van der Waals surface area contributed by atoms with Gasteiger partial charge in [0.25, 0.3) is 0 Å². The number of Topliss-reactive ketones (excluding diaryl/α,β-unsaturated/α-hetero) is 1. The minimum atomic E-state index is -0.328. The van der Waals surface area contributed by atoms with Gasteiger partial charge in [-0.2, -0.15) is 0 Å². The lowest BCUT2D eigenvalue weighted by Crippen LogP contribution is -2.23. The summed E-state index contributed by atoms with van der Waals surface area (Å²) < 4.78 is 0. The Hall–Kier alpha value is -1.90. The molecule has 1 aromatic carbocycles. The molecule has 0 spiro atoms. The first-order valence-electron chi connectivity index (χ1n) is 5.72. The van der Waals surface area contributed by atoms with Crippen molar-refractivity contribution in [3.8, 4) is 0 Å². The molecule has 1 saturated heterocycles. The molecule has 1 aliphatic rings. The van der Waals surface area contributed by atoms with Gasteiger partial charge in [0, 0.05) is 18.5 Å². The SMILES string of the molecule is C=C(C(=O)Cc1ccccc1)C1CCNC1=O. The molecule has 0 aliphatic carbocycles. The van der Waals surface area contributed by atoms with Crippen molar-refractivity contribution in [2.45, 2.75) is 12.8 Å². The van der Waals surface area contributed by atoms with Crippen LogP contribution in [0.4, 0.5) is 0 Å². The summed E-state index contributed by atoms with van der Waals surface area (Å²) in [6.07, 6.45) is 1.00. The largest absolute Gasteiger partial charge is 0.356 e. The maximum atomic E-state index is 12.0. The summed E-state index contributed by atoms with van der Waals surface area (Å²) in [6, 6.07) is 9.51. The average Bonchev–Trinajstić information content (AvgIpc) is 2.76. The van der Waals surface area contributed by atoms with Crippen LogP contribution >= 0.6 is 0 Å². The summed E-state index contributed by atoms with van der Waals surface area (Å²) in [4.78, 5) is 23.4. The Bertz CT molecular complexity index is 451. The molecule has 1 aromatic rings.